The van der Waals surface area contributed by atoms with Gasteiger partial charge in [0.2, 0.25) is 11.8 Å². The molecule has 0 saturated heterocycles. The first-order valence-electron chi connectivity index (χ1n) is 13.5. The highest BCUT2D eigenvalue weighted by atomic mass is 16.5. The largest absolute Gasteiger partial charge is 0.493 e. The topological polar surface area (TPSA) is 164 Å². The van der Waals surface area contributed by atoms with Crippen LogP contribution in [0.25, 0.3) is 0 Å². The molecule has 0 radical (unpaired) electrons. The lowest BCUT2D eigenvalue weighted by Crippen LogP contribution is -2.30. The van der Waals surface area contributed by atoms with Crippen LogP contribution in [0.1, 0.15) is 84.9 Å². The van der Waals surface area contributed by atoms with Crippen molar-refractivity contribution in [2.45, 2.75) is 59.4 Å². The monoisotopic (exact) mass is 565 g/mol. The smallest absolute Gasteiger partial charge is 0.254 e. The van der Waals surface area contributed by atoms with E-state index in [1.807, 2.05) is 27.7 Å². The SMILES string of the molecule is CCOc1cc2c(cc1C(=O)NC)C(=N)N(CC(=O)c1cc(NC(C)=O)c(OCCCC(N)=O)c(C(C)(C)C)c1)C2. The predicted octanol–water partition coefficient (Wildman–Crippen LogP) is 3.37. The number of primary amides is 1. The van der Waals surface area contributed by atoms with Crippen LogP contribution in [0.15, 0.2) is 24.3 Å². The van der Waals surface area contributed by atoms with Crippen LogP contribution in [0, 0.1) is 5.41 Å². The van der Waals surface area contributed by atoms with Crippen LogP contribution in [0.3, 0.4) is 0 Å². The van der Waals surface area contributed by atoms with Crippen molar-refractivity contribution in [2.24, 2.45) is 5.73 Å². The Morgan fingerprint density at radius 2 is 1.80 bits per heavy atom. The third-order valence-corrected chi connectivity index (χ3v) is 6.59. The fraction of sp³-hybridized carbons (Fsp3) is 0.433. The number of amidine groups is 1. The number of rotatable bonds is 12. The molecule has 2 aromatic rings. The number of carbonyl (C=O) groups is 4. The second-order valence-corrected chi connectivity index (χ2v) is 10.9. The normalized spacial score (nSPS) is 12.5. The van der Waals surface area contributed by atoms with E-state index in [-0.39, 0.29) is 43.0 Å². The summed E-state index contributed by atoms with van der Waals surface area (Å²) in [6.07, 6.45) is 0.571. The van der Waals surface area contributed by atoms with Gasteiger partial charge in [0.15, 0.2) is 5.78 Å². The Hall–Kier alpha value is -4.41. The molecule has 3 amide bonds. The van der Waals surface area contributed by atoms with Crippen LogP contribution in [0.5, 0.6) is 11.5 Å². The molecule has 0 spiro atoms. The minimum absolute atomic E-state index is 0.0886. The maximum atomic E-state index is 13.6. The number of hydrogen-bond donors (Lipinski definition) is 4. The number of ketones is 1. The molecule has 11 nitrogen and oxygen atoms in total. The van der Waals surface area contributed by atoms with Gasteiger partial charge >= 0.3 is 0 Å². The Morgan fingerprint density at radius 1 is 1.10 bits per heavy atom. The van der Waals surface area contributed by atoms with E-state index in [1.165, 1.54) is 14.0 Å². The summed E-state index contributed by atoms with van der Waals surface area (Å²) >= 11 is 0. The van der Waals surface area contributed by atoms with Gasteiger partial charge in [-0.05, 0) is 48.6 Å². The number of Topliss-reactive ketones (excluding diaryl/α,β-unsaturated/α-hetero) is 1. The zero-order valence-corrected chi connectivity index (χ0v) is 24.5. The molecule has 0 atom stereocenters. The van der Waals surface area contributed by atoms with Gasteiger partial charge in [0.25, 0.3) is 5.91 Å². The van der Waals surface area contributed by atoms with Crippen molar-refractivity contribution in [1.82, 2.24) is 10.2 Å². The van der Waals surface area contributed by atoms with Crippen molar-refractivity contribution in [1.29, 1.82) is 5.41 Å². The number of ether oxygens (including phenoxy) is 2. The minimum atomic E-state index is -0.453. The van der Waals surface area contributed by atoms with Crippen molar-refractivity contribution in [3.63, 3.8) is 0 Å². The first-order chi connectivity index (χ1) is 19.3. The molecule has 0 fully saturated rings. The van der Waals surface area contributed by atoms with Crippen LogP contribution in [-0.4, -0.2) is 61.0 Å². The molecule has 0 unspecified atom stereocenters. The Kier molecular flexibility index (Phi) is 9.75. The molecule has 0 bridgehead atoms. The molecule has 2 aromatic carbocycles. The second-order valence-electron chi connectivity index (χ2n) is 10.9. The summed E-state index contributed by atoms with van der Waals surface area (Å²) in [5.74, 6) is -0.346. The second kappa shape index (κ2) is 12.8. The van der Waals surface area contributed by atoms with Crippen molar-refractivity contribution < 1.29 is 28.7 Å². The van der Waals surface area contributed by atoms with E-state index in [1.54, 1.807) is 29.2 Å². The van der Waals surface area contributed by atoms with Gasteiger partial charge in [-0.1, -0.05) is 20.8 Å². The van der Waals surface area contributed by atoms with Crippen LogP contribution < -0.4 is 25.8 Å². The van der Waals surface area contributed by atoms with Crippen LogP contribution in [0.4, 0.5) is 5.69 Å². The van der Waals surface area contributed by atoms with Crippen LogP contribution in [-0.2, 0) is 21.5 Å². The lowest BCUT2D eigenvalue weighted by Gasteiger charge is -2.26. The molecule has 11 heteroatoms. The summed E-state index contributed by atoms with van der Waals surface area (Å²) in [5.41, 5.74) is 7.88. The summed E-state index contributed by atoms with van der Waals surface area (Å²) in [5, 5.41) is 14.1. The molecule has 3 rings (SSSR count). The standard InChI is InChI=1S/C30H39N5O6/c1-7-40-25-13-19-15-35(28(32)20(19)14-21(25)29(39)33-6)16-24(37)18-11-22(30(3,4)5)27(23(12-18)34-17(2)36)41-10-8-9-26(31)38/h11-14,32H,7-10,15-16H2,1-6H3,(H2,31,38)(H,33,39)(H,34,36). The van der Waals surface area contributed by atoms with Crippen molar-refractivity contribution in [2.75, 3.05) is 32.1 Å². The third kappa shape index (κ3) is 7.41. The highest BCUT2D eigenvalue weighted by Gasteiger charge is 2.31. The molecule has 0 aromatic heterocycles. The lowest BCUT2D eigenvalue weighted by atomic mass is 9.84. The zero-order valence-electron chi connectivity index (χ0n) is 24.5. The number of benzene rings is 2. The number of hydrogen-bond acceptors (Lipinski definition) is 7. The predicted molar refractivity (Wildman–Crippen MR) is 156 cm³/mol. The minimum Gasteiger partial charge on any atom is -0.493 e. The lowest BCUT2D eigenvalue weighted by molar-refractivity contribution is -0.118. The van der Waals surface area contributed by atoms with E-state index in [0.29, 0.717) is 59.0 Å². The van der Waals surface area contributed by atoms with Crippen molar-refractivity contribution in [3.05, 3.63) is 52.1 Å². The average Bonchev–Trinajstić information content (AvgIpc) is 3.18. The molecule has 1 heterocycles. The summed E-state index contributed by atoms with van der Waals surface area (Å²) in [4.78, 5) is 50.9. The summed E-state index contributed by atoms with van der Waals surface area (Å²) in [7, 11) is 1.53. The molecule has 0 aliphatic carbocycles. The molecular weight excluding hydrogens is 526 g/mol. The highest BCUT2D eigenvalue weighted by Crippen LogP contribution is 2.39. The molecule has 1 aliphatic rings. The number of fused-ring (bicyclic) bond motifs is 1. The zero-order chi connectivity index (χ0) is 30.5. The quantitative estimate of drug-likeness (QED) is 0.226. The summed E-state index contributed by atoms with van der Waals surface area (Å²) < 4.78 is 11.7. The average molecular weight is 566 g/mol. The fourth-order valence-electron chi connectivity index (χ4n) is 4.62. The first kappa shape index (κ1) is 31.1. The number of carbonyl (C=O) groups excluding carboxylic acids is 4. The van der Waals surface area contributed by atoms with Gasteiger partial charge in [-0.15, -0.1) is 0 Å². The Balaban J connectivity index is 1.93. The molecule has 220 valence electrons. The van der Waals surface area contributed by atoms with E-state index in [9.17, 15) is 19.2 Å². The van der Waals surface area contributed by atoms with Crippen LogP contribution >= 0.6 is 0 Å². The van der Waals surface area contributed by atoms with Gasteiger partial charge in [0.1, 0.15) is 17.3 Å². The van der Waals surface area contributed by atoms with E-state index >= 15 is 0 Å². The maximum Gasteiger partial charge on any atom is 0.254 e. The molecule has 41 heavy (non-hydrogen) atoms. The van der Waals surface area contributed by atoms with Gasteiger partial charge < -0.3 is 30.7 Å². The number of nitrogens with zero attached hydrogens (tertiary/aromatic N) is 1. The Morgan fingerprint density at radius 3 is 2.39 bits per heavy atom. The summed E-state index contributed by atoms with van der Waals surface area (Å²) in [6, 6.07) is 6.70. The van der Waals surface area contributed by atoms with E-state index in [0.717, 1.165) is 5.56 Å². The molecule has 5 N–H and O–H groups in total. The number of amides is 3. The van der Waals surface area contributed by atoms with Crippen LogP contribution in [0.2, 0.25) is 0 Å². The first-order valence-corrected chi connectivity index (χ1v) is 13.5. The Bertz CT molecular complexity index is 1380. The van der Waals surface area contributed by atoms with Gasteiger partial charge in [0.05, 0.1) is 31.0 Å². The van der Waals surface area contributed by atoms with E-state index in [2.05, 4.69) is 10.6 Å². The molecule has 1 aliphatic heterocycles. The van der Waals surface area contributed by atoms with Gasteiger partial charge in [0, 0.05) is 43.6 Å². The van der Waals surface area contributed by atoms with Crippen molar-refractivity contribution >= 4 is 35.0 Å². The number of nitrogens with one attached hydrogen (secondary N) is 3. The number of anilines is 1. The van der Waals surface area contributed by atoms with Crippen molar-refractivity contribution in [3.8, 4) is 11.5 Å². The third-order valence-electron chi connectivity index (χ3n) is 6.59. The Labute approximate surface area is 240 Å². The van der Waals surface area contributed by atoms with Gasteiger partial charge in [-0.3, -0.25) is 24.6 Å². The fourth-order valence-corrected chi connectivity index (χ4v) is 4.62. The van der Waals surface area contributed by atoms with E-state index in [4.69, 9.17) is 20.6 Å². The van der Waals surface area contributed by atoms with E-state index < -0.39 is 11.3 Å². The highest BCUT2D eigenvalue weighted by molar-refractivity contribution is 6.08. The van der Waals surface area contributed by atoms with Gasteiger partial charge in [-0.2, -0.15) is 0 Å². The molecule has 0 saturated carbocycles. The molecular formula is C30H39N5O6. The summed E-state index contributed by atoms with van der Waals surface area (Å²) in [6.45, 7) is 9.90. The maximum absolute atomic E-state index is 13.6. The van der Waals surface area contributed by atoms with Gasteiger partial charge in [-0.25, -0.2) is 0 Å². The number of nitrogens with two attached hydrogens (primary N) is 1.